The third-order valence-electron chi connectivity index (χ3n) is 5.18. The fourth-order valence-corrected chi connectivity index (χ4v) is 3.84. The first kappa shape index (κ1) is 16.5. The Labute approximate surface area is 138 Å². The second-order valence-electron chi connectivity index (χ2n) is 7.03. The number of aliphatic hydroxyl groups excluding tert-OH is 1. The molecule has 1 aromatic carbocycles. The van der Waals surface area contributed by atoms with E-state index < -0.39 is 0 Å². The maximum atomic E-state index is 12.6. The summed E-state index contributed by atoms with van der Waals surface area (Å²) in [5.41, 5.74) is 1.30. The Kier molecular flexibility index (Phi) is 5.68. The second-order valence-corrected chi connectivity index (χ2v) is 7.03. The van der Waals surface area contributed by atoms with Gasteiger partial charge in [0.05, 0.1) is 18.1 Å². The summed E-state index contributed by atoms with van der Waals surface area (Å²) in [7, 11) is 0. The Balaban J connectivity index is 1.52. The van der Waals surface area contributed by atoms with E-state index in [0.29, 0.717) is 0 Å². The van der Waals surface area contributed by atoms with Crippen LogP contribution in [0.1, 0.15) is 44.1 Å². The van der Waals surface area contributed by atoms with Crippen LogP contribution in [0.4, 0.5) is 0 Å². The summed E-state index contributed by atoms with van der Waals surface area (Å²) in [6.45, 7) is 2.80. The zero-order valence-corrected chi connectivity index (χ0v) is 13.8. The standard InChI is InChI=1S/C19H28N2O2/c22-18-11-5-4-10-17(18)20-19(23)16-9-6-12-21(14-16)13-15-7-2-1-3-8-15/h1-3,7-8,16-18,22H,4-6,9-14H2,(H,20,23). The molecule has 1 heterocycles. The molecule has 23 heavy (non-hydrogen) atoms. The Morgan fingerprint density at radius 2 is 1.91 bits per heavy atom. The van der Waals surface area contributed by atoms with Crippen molar-refractivity contribution in [3.05, 3.63) is 35.9 Å². The lowest BCUT2D eigenvalue weighted by atomic mass is 9.91. The predicted molar refractivity (Wildman–Crippen MR) is 90.8 cm³/mol. The van der Waals surface area contributed by atoms with Crippen LogP contribution in [0.5, 0.6) is 0 Å². The molecule has 4 heteroatoms. The van der Waals surface area contributed by atoms with Crippen LogP contribution in [0.15, 0.2) is 30.3 Å². The summed E-state index contributed by atoms with van der Waals surface area (Å²) in [5, 5.41) is 13.1. The van der Waals surface area contributed by atoms with E-state index in [1.807, 2.05) is 6.07 Å². The molecule has 1 saturated carbocycles. The van der Waals surface area contributed by atoms with Crippen LogP contribution >= 0.6 is 0 Å². The lowest BCUT2D eigenvalue weighted by Gasteiger charge is -2.34. The van der Waals surface area contributed by atoms with Gasteiger partial charge in [0, 0.05) is 13.1 Å². The summed E-state index contributed by atoms with van der Waals surface area (Å²) < 4.78 is 0. The van der Waals surface area contributed by atoms with Crippen LogP contribution < -0.4 is 5.32 Å². The van der Waals surface area contributed by atoms with Crippen LogP contribution in [0, 0.1) is 5.92 Å². The minimum absolute atomic E-state index is 0.0410. The van der Waals surface area contributed by atoms with Gasteiger partial charge in [-0.1, -0.05) is 43.2 Å². The summed E-state index contributed by atoms with van der Waals surface area (Å²) in [6.07, 6.45) is 5.56. The SMILES string of the molecule is O=C(NC1CCCCC1O)C1CCCN(Cc2ccccc2)C1. The van der Waals surface area contributed by atoms with E-state index in [9.17, 15) is 9.90 Å². The highest BCUT2D eigenvalue weighted by Gasteiger charge is 2.30. The minimum atomic E-state index is -0.364. The lowest BCUT2D eigenvalue weighted by molar-refractivity contribution is -0.128. The maximum absolute atomic E-state index is 12.6. The van der Waals surface area contributed by atoms with Crippen LogP contribution in [0.3, 0.4) is 0 Å². The number of nitrogens with zero attached hydrogens (tertiary/aromatic N) is 1. The largest absolute Gasteiger partial charge is 0.391 e. The topological polar surface area (TPSA) is 52.6 Å². The maximum Gasteiger partial charge on any atom is 0.224 e. The first-order valence-corrected chi connectivity index (χ1v) is 8.97. The smallest absolute Gasteiger partial charge is 0.224 e. The number of hydrogen-bond acceptors (Lipinski definition) is 3. The third kappa shape index (κ3) is 4.55. The highest BCUT2D eigenvalue weighted by atomic mass is 16.3. The van der Waals surface area contributed by atoms with E-state index in [2.05, 4.69) is 34.5 Å². The molecule has 0 spiro atoms. The summed E-state index contributed by atoms with van der Waals surface area (Å²) in [5.74, 6) is 0.190. The van der Waals surface area contributed by atoms with E-state index in [1.54, 1.807) is 0 Å². The van der Waals surface area contributed by atoms with Gasteiger partial charge in [-0.05, 0) is 37.8 Å². The Bertz CT molecular complexity index is 505. The van der Waals surface area contributed by atoms with Crippen LogP contribution in [-0.4, -0.2) is 41.1 Å². The zero-order chi connectivity index (χ0) is 16.1. The molecule has 2 fully saturated rings. The molecule has 1 aromatic rings. The van der Waals surface area contributed by atoms with Crippen molar-refractivity contribution in [3.63, 3.8) is 0 Å². The molecule has 3 atom stereocenters. The summed E-state index contributed by atoms with van der Waals surface area (Å²) in [6, 6.07) is 10.4. The predicted octanol–water partition coefficient (Wildman–Crippen LogP) is 2.32. The molecule has 3 unspecified atom stereocenters. The summed E-state index contributed by atoms with van der Waals surface area (Å²) >= 11 is 0. The molecule has 1 saturated heterocycles. The van der Waals surface area contributed by atoms with Crippen LogP contribution in [0.25, 0.3) is 0 Å². The van der Waals surface area contributed by atoms with Crippen molar-refractivity contribution in [2.75, 3.05) is 13.1 Å². The molecule has 4 nitrogen and oxygen atoms in total. The number of carbonyl (C=O) groups is 1. The molecule has 0 aromatic heterocycles. The normalized spacial score (nSPS) is 29.2. The number of likely N-dealkylation sites (tertiary alicyclic amines) is 1. The fourth-order valence-electron chi connectivity index (χ4n) is 3.84. The van der Waals surface area contributed by atoms with Crippen molar-refractivity contribution < 1.29 is 9.90 Å². The van der Waals surface area contributed by atoms with Crippen molar-refractivity contribution in [3.8, 4) is 0 Å². The lowest BCUT2D eigenvalue weighted by Crippen LogP contribution is -2.50. The Morgan fingerprint density at radius 3 is 2.70 bits per heavy atom. The van der Waals surface area contributed by atoms with Crippen LogP contribution in [-0.2, 0) is 11.3 Å². The molecule has 0 radical (unpaired) electrons. The number of amides is 1. The van der Waals surface area contributed by atoms with Gasteiger partial charge in [-0.25, -0.2) is 0 Å². The van der Waals surface area contributed by atoms with Gasteiger partial charge in [0.25, 0.3) is 0 Å². The highest BCUT2D eigenvalue weighted by Crippen LogP contribution is 2.22. The second kappa shape index (κ2) is 7.93. The van der Waals surface area contributed by atoms with Crippen molar-refractivity contribution in [2.45, 2.75) is 57.2 Å². The van der Waals surface area contributed by atoms with Gasteiger partial charge >= 0.3 is 0 Å². The average molecular weight is 316 g/mol. The Hall–Kier alpha value is -1.39. The van der Waals surface area contributed by atoms with Gasteiger partial charge in [-0.15, -0.1) is 0 Å². The molecular formula is C19H28N2O2. The van der Waals surface area contributed by atoms with Gasteiger partial charge in [0.1, 0.15) is 0 Å². The number of benzene rings is 1. The van der Waals surface area contributed by atoms with Gasteiger partial charge in [-0.3, -0.25) is 9.69 Å². The number of piperidine rings is 1. The monoisotopic (exact) mass is 316 g/mol. The molecule has 2 aliphatic rings. The average Bonchev–Trinajstić information content (AvgIpc) is 2.58. The number of nitrogens with one attached hydrogen (secondary N) is 1. The zero-order valence-electron chi connectivity index (χ0n) is 13.8. The molecule has 0 bridgehead atoms. The van der Waals surface area contributed by atoms with E-state index >= 15 is 0 Å². The number of hydrogen-bond donors (Lipinski definition) is 2. The van der Waals surface area contributed by atoms with Gasteiger partial charge in [-0.2, -0.15) is 0 Å². The van der Waals surface area contributed by atoms with Gasteiger partial charge < -0.3 is 10.4 Å². The van der Waals surface area contributed by atoms with Gasteiger partial charge in [0.2, 0.25) is 5.91 Å². The van der Waals surface area contributed by atoms with E-state index in [1.165, 1.54) is 5.56 Å². The van der Waals surface area contributed by atoms with Crippen molar-refractivity contribution in [1.82, 2.24) is 10.2 Å². The molecule has 1 aliphatic carbocycles. The van der Waals surface area contributed by atoms with E-state index in [-0.39, 0.29) is 24.0 Å². The highest BCUT2D eigenvalue weighted by molar-refractivity contribution is 5.79. The molecule has 126 valence electrons. The van der Waals surface area contributed by atoms with Gasteiger partial charge in [0.15, 0.2) is 0 Å². The quantitative estimate of drug-likeness (QED) is 0.896. The summed E-state index contributed by atoms with van der Waals surface area (Å²) in [4.78, 5) is 14.9. The Morgan fingerprint density at radius 1 is 1.13 bits per heavy atom. The minimum Gasteiger partial charge on any atom is -0.391 e. The van der Waals surface area contributed by atoms with Crippen molar-refractivity contribution in [2.24, 2.45) is 5.92 Å². The molecule has 1 amide bonds. The molecule has 3 rings (SSSR count). The molecular weight excluding hydrogens is 288 g/mol. The molecule has 1 aliphatic heterocycles. The number of rotatable bonds is 4. The first-order chi connectivity index (χ1) is 11.2. The van der Waals surface area contributed by atoms with E-state index in [4.69, 9.17) is 0 Å². The fraction of sp³-hybridized carbons (Fsp3) is 0.632. The van der Waals surface area contributed by atoms with Crippen molar-refractivity contribution >= 4 is 5.91 Å². The number of carbonyl (C=O) groups excluding carboxylic acids is 1. The van der Waals surface area contributed by atoms with E-state index in [0.717, 1.165) is 58.2 Å². The molecule has 2 N–H and O–H groups in total. The number of aliphatic hydroxyl groups is 1. The third-order valence-corrected chi connectivity index (χ3v) is 5.18. The van der Waals surface area contributed by atoms with Crippen LogP contribution in [0.2, 0.25) is 0 Å². The first-order valence-electron chi connectivity index (χ1n) is 8.97. The van der Waals surface area contributed by atoms with Crippen molar-refractivity contribution in [1.29, 1.82) is 0 Å².